The van der Waals surface area contributed by atoms with Gasteiger partial charge in [0, 0.05) is 23.4 Å². The summed E-state index contributed by atoms with van der Waals surface area (Å²) in [4.78, 5) is 25.0. The monoisotopic (exact) mass is 453 g/mol. The SMILES string of the molecule is O=C(COc1ccc(Cl)c(F)c1)NC12CC(C1)C(NC(=O)C1CSC(C3CC3)N1)C2. The Labute approximate surface area is 184 Å². The van der Waals surface area contributed by atoms with Gasteiger partial charge in [-0.05, 0) is 56.1 Å². The van der Waals surface area contributed by atoms with Crippen LogP contribution in [-0.4, -0.2) is 47.2 Å². The van der Waals surface area contributed by atoms with Gasteiger partial charge in [0.2, 0.25) is 5.91 Å². The maximum Gasteiger partial charge on any atom is 0.258 e. The first-order chi connectivity index (χ1) is 14.4. The fraction of sp³-hybridized carbons (Fsp3) is 0.619. The van der Waals surface area contributed by atoms with Gasteiger partial charge in [0.1, 0.15) is 11.6 Å². The van der Waals surface area contributed by atoms with Crippen LogP contribution in [0.25, 0.3) is 0 Å². The van der Waals surface area contributed by atoms with Crippen molar-refractivity contribution in [3.63, 3.8) is 0 Å². The third kappa shape index (κ3) is 4.14. The van der Waals surface area contributed by atoms with Crippen molar-refractivity contribution in [3.8, 4) is 5.75 Å². The summed E-state index contributed by atoms with van der Waals surface area (Å²) in [5.74, 6) is 1.50. The van der Waals surface area contributed by atoms with Gasteiger partial charge in [-0.2, -0.15) is 0 Å². The number of benzene rings is 1. The molecule has 4 aliphatic carbocycles. The molecule has 6 rings (SSSR count). The topological polar surface area (TPSA) is 79.5 Å². The summed E-state index contributed by atoms with van der Waals surface area (Å²) >= 11 is 7.51. The van der Waals surface area contributed by atoms with E-state index in [1.165, 1.54) is 25.0 Å². The minimum absolute atomic E-state index is 0.0136. The molecule has 1 aromatic rings. The fourth-order valence-corrected chi connectivity index (χ4v) is 6.52. The van der Waals surface area contributed by atoms with Crippen molar-refractivity contribution < 1.29 is 18.7 Å². The fourth-order valence-electron chi connectivity index (χ4n) is 4.95. The summed E-state index contributed by atoms with van der Waals surface area (Å²) in [6, 6.07) is 4.08. The molecular formula is C21H25ClFN3O3S. The van der Waals surface area contributed by atoms with Crippen molar-refractivity contribution >= 4 is 35.2 Å². The average molecular weight is 454 g/mol. The molecule has 1 heterocycles. The number of ether oxygens (including phenoxy) is 1. The number of nitrogens with one attached hydrogen (secondary N) is 3. The molecule has 162 valence electrons. The number of hydrogen-bond acceptors (Lipinski definition) is 5. The van der Waals surface area contributed by atoms with Gasteiger partial charge in [-0.25, -0.2) is 4.39 Å². The zero-order valence-corrected chi connectivity index (χ0v) is 18.0. The second-order valence-corrected chi connectivity index (χ2v) is 10.6. The van der Waals surface area contributed by atoms with E-state index < -0.39 is 5.82 Å². The predicted molar refractivity (Wildman–Crippen MR) is 113 cm³/mol. The van der Waals surface area contributed by atoms with Crippen LogP contribution in [0.2, 0.25) is 5.02 Å². The lowest BCUT2D eigenvalue weighted by Gasteiger charge is -2.39. The van der Waals surface area contributed by atoms with Crippen molar-refractivity contribution in [3.05, 3.63) is 29.0 Å². The van der Waals surface area contributed by atoms with Crippen LogP contribution >= 0.6 is 23.4 Å². The molecule has 30 heavy (non-hydrogen) atoms. The summed E-state index contributed by atoms with van der Waals surface area (Å²) in [6.07, 6.45) is 5.02. The van der Waals surface area contributed by atoms with E-state index in [0.29, 0.717) is 11.3 Å². The molecule has 6 nitrogen and oxygen atoms in total. The second-order valence-electron chi connectivity index (χ2n) is 8.99. The summed E-state index contributed by atoms with van der Waals surface area (Å²) < 4.78 is 18.8. The van der Waals surface area contributed by atoms with Gasteiger partial charge in [0.15, 0.2) is 6.61 Å². The average Bonchev–Trinajstić information content (AvgIpc) is 3.18. The normalized spacial score (nSPS) is 34.3. The quantitative estimate of drug-likeness (QED) is 0.591. The molecular weight excluding hydrogens is 429 g/mol. The van der Waals surface area contributed by atoms with E-state index in [2.05, 4.69) is 16.0 Å². The highest BCUT2D eigenvalue weighted by Gasteiger charge is 2.57. The van der Waals surface area contributed by atoms with Crippen LogP contribution in [0.4, 0.5) is 4.39 Å². The van der Waals surface area contributed by atoms with Crippen LogP contribution in [0.15, 0.2) is 18.2 Å². The number of rotatable bonds is 7. The van der Waals surface area contributed by atoms with E-state index in [0.717, 1.165) is 37.0 Å². The molecule has 1 aliphatic heterocycles. The van der Waals surface area contributed by atoms with Crippen LogP contribution in [0.5, 0.6) is 5.75 Å². The molecule has 5 fully saturated rings. The van der Waals surface area contributed by atoms with Gasteiger partial charge >= 0.3 is 0 Å². The van der Waals surface area contributed by atoms with Crippen molar-refractivity contribution in [2.75, 3.05) is 12.4 Å². The Morgan fingerprint density at radius 3 is 2.80 bits per heavy atom. The van der Waals surface area contributed by atoms with E-state index in [9.17, 15) is 14.0 Å². The molecule has 5 aliphatic rings. The highest BCUT2D eigenvalue weighted by molar-refractivity contribution is 8.00. The van der Waals surface area contributed by atoms with Crippen molar-refractivity contribution in [2.45, 2.75) is 55.1 Å². The van der Waals surface area contributed by atoms with Crippen LogP contribution in [0.3, 0.4) is 0 Å². The Balaban J connectivity index is 1.08. The minimum Gasteiger partial charge on any atom is -0.484 e. The van der Waals surface area contributed by atoms with Crippen LogP contribution < -0.4 is 20.7 Å². The molecule has 9 heteroatoms. The summed E-state index contributed by atoms with van der Waals surface area (Å²) in [7, 11) is 0. The van der Waals surface area contributed by atoms with E-state index in [-0.39, 0.29) is 46.8 Å². The first-order valence-corrected chi connectivity index (χ1v) is 11.9. The van der Waals surface area contributed by atoms with E-state index in [1.807, 2.05) is 11.8 Å². The van der Waals surface area contributed by atoms with Crippen molar-refractivity contribution in [1.29, 1.82) is 0 Å². The third-order valence-electron chi connectivity index (χ3n) is 6.65. The zero-order valence-electron chi connectivity index (χ0n) is 16.5. The standard InChI is InChI=1S/C21H25ClFN3O3S/c22-14-4-3-13(5-15(14)23)29-9-18(27)26-21-6-12(7-21)16(8-21)24-19(28)17-10-30-20(25-17)11-1-2-11/h3-5,11-12,16-17,20,25H,1-2,6-10H2,(H,24,28)(H,26,27). The third-order valence-corrected chi connectivity index (χ3v) is 8.37. The van der Waals surface area contributed by atoms with E-state index in [1.54, 1.807) is 0 Å². The molecule has 3 atom stereocenters. The van der Waals surface area contributed by atoms with Gasteiger partial charge in [-0.15, -0.1) is 11.8 Å². The Morgan fingerprint density at radius 1 is 1.27 bits per heavy atom. The number of thioether (sulfide) groups is 1. The lowest BCUT2D eigenvalue weighted by molar-refractivity contribution is -0.126. The number of fused-ring (bicyclic) bond motifs is 1. The lowest BCUT2D eigenvalue weighted by Crippen LogP contribution is -2.53. The van der Waals surface area contributed by atoms with Crippen molar-refractivity contribution in [1.82, 2.24) is 16.0 Å². The summed E-state index contributed by atoms with van der Waals surface area (Å²) in [5.41, 5.74) is -0.261. The molecule has 0 aromatic heterocycles. The van der Waals surface area contributed by atoms with E-state index in [4.69, 9.17) is 16.3 Å². The molecule has 0 radical (unpaired) electrons. The van der Waals surface area contributed by atoms with Crippen LogP contribution in [0.1, 0.15) is 32.1 Å². The Hall–Kier alpha value is -1.51. The molecule has 1 saturated heterocycles. The molecule has 2 amide bonds. The smallest absolute Gasteiger partial charge is 0.258 e. The summed E-state index contributed by atoms with van der Waals surface area (Å²) in [5, 5.41) is 10.2. The molecule has 0 spiro atoms. The first kappa shape index (κ1) is 20.4. The number of carbonyl (C=O) groups is 2. The van der Waals surface area contributed by atoms with Gasteiger partial charge in [0.05, 0.1) is 16.4 Å². The number of hydrogen-bond donors (Lipinski definition) is 3. The number of halogens is 2. The second kappa shape index (κ2) is 7.88. The van der Waals surface area contributed by atoms with Gasteiger partial charge in [-0.3, -0.25) is 14.9 Å². The Morgan fingerprint density at radius 2 is 2.07 bits per heavy atom. The Bertz CT molecular complexity index is 862. The van der Waals surface area contributed by atoms with Crippen LogP contribution in [-0.2, 0) is 9.59 Å². The number of carbonyl (C=O) groups excluding carboxylic acids is 2. The largest absolute Gasteiger partial charge is 0.484 e. The zero-order chi connectivity index (χ0) is 20.9. The molecule has 2 bridgehead atoms. The molecule has 3 unspecified atom stereocenters. The summed E-state index contributed by atoms with van der Waals surface area (Å²) in [6.45, 7) is -0.184. The highest BCUT2D eigenvalue weighted by Crippen LogP contribution is 2.52. The predicted octanol–water partition coefficient (Wildman–Crippen LogP) is 2.45. The Kier molecular flexibility index (Phi) is 5.35. The van der Waals surface area contributed by atoms with Crippen LogP contribution in [0, 0.1) is 17.7 Å². The van der Waals surface area contributed by atoms with Crippen molar-refractivity contribution in [2.24, 2.45) is 11.8 Å². The maximum atomic E-state index is 13.5. The maximum absolute atomic E-state index is 13.5. The first-order valence-electron chi connectivity index (χ1n) is 10.5. The van der Waals surface area contributed by atoms with Gasteiger partial charge in [-0.1, -0.05) is 11.6 Å². The highest BCUT2D eigenvalue weighted by atomic mass is 35.5. The van der Waals surface area contributed by atoms with Gasteiger partial charge < -0.3 is 15.4 Å². The molecule has 3 N–H and O–H groups in total. The van der Waals surface area contributed by atoms with E-state index >= 15 is 0 Å². The molecule has 1 aromatic carbocycles. The molecule has 4 saturated carbocycles. The lowest BCUT2D eigenvalue weighted by atomic mass is 9.76. The number of amides is 2. The van der Waals surface area contributed by atoms with Gasteiger partial charge in [0.25, 0.3) is 5.91 Å². The minimum atomic E-state index is -0.581.